The van der Waals surface area contributed by atoms with Gasteiger partial charge in [-0.05, 0) is 29.8 Å². The minimum atomic E-state index is -4.85. The largest absolute Gasteiger partial charge is 0.573 e. The number of anilines is 1. The number of rotatable bonds is 5. The number of halogens is 5. The van der Waals surface area contributed by atoms with Crippen molar-refractivity contribution in [2.45, 2.75) is 30.8 Å². The Labute approximate surface area is 206 Å². The Morgan fingerprint density at radius 3 is 2.40 bits per heavy atom. The van der Waals surface area contributed by atoms with E-state index in [1.165, 1.54) is 36.3 Å². The first kappa shape index (κ1) is 24.9. The van der Waals surface area contributed by atoms with Crippen molar-refractivity contribution < 1.29 is 37.0 Å². The van der Waals surface area contributed by atoms with Crippen LogP contribution in [0, 0.1) is 0 Å². The highest BCUT2D eigenvalue weighted by molar-refractivity contribution is 6.33. The Hall–Kier alpha value is -3.25. The number of imide groups is 1. The molecule has 2 saturated heterocycles. The lowest BCUT2D eigenvalue weighted by Gasteiger charge is -2.28. The van der Waals surface area contributed by atoms with E-state index in [9.17, 15) is 27.6 Å². The molecule has 35 heavy (non-hydrogen) atoms. The number of pyridine rings is 1. The molecule has 2 atom stereocenters. The van der Waals surface area contributed by atoms with Gasteiger partial charge in [-0.3, -0.25) is 4.79 Å². The maximum absolute atomic E-state index is 13.7. The van der Waals surface area contributed by atoms with Gasteiger partial charge in [0.2, 0.25) is 0 Å². The van der Waals surface area contributed by atoms with E-state index >= 15 is 0 Å². The molecule has 0 saturated carbocycles. The average molecular weight is 533 g/mol. The van der Waals surface area contributed by atoms with Crippen molar-refractivity contribution in [3.8, 4) is 5.75 Å². The number of alkyl carbamates (subject to hydrolysis) is 1. The molecule has 0 spiro atoms. The highest BCUT2D eigenvalue weighted by Crippen LogP contribution is 2.43. The van der Waals surface area contributed by atoms with Crippen LogP contribution in [0.3, 0.4) is 0 Å². The number of benzene rings is 1. The van der Waals surface area contributed by atoms with Gasteiger partial charge in [-0.25, -0.2) is 19.5 Å². The second-order valence-electron chi connectivity index (χ2n) is 7.94. The molecule has 1 aromatic heterocycles. The summed E-state index contributed by atoms with van der Waals surface area (Å²) in [6.07, 6.45) is -5.58. The molecule has 3 heterocycles. The number of aromatic nitrogens is 1. The lowest BCUT2D eigenvalue weighted by molar-refractivity contribution is -0.274. The van der Waals surface area contributed by atoms with Gasteiger partial charge < -0.3 is 19.7 Å². The molecular weight excluding hydrogens is 516 g/mol. The first-order valence-corrected chi connectivity index (χ1v) is 10.9. The highest BCUT2D eigenvalue weighted by Gasteiger charge is 2.62. The summed E-state index contributed by atoms with van der Waals surface area (Å²) in [4.78, 5) is 44.9. The smallest absolute Gasteiger partial charge is 0.453 e. The van der Waals surface area contributed by atoms with Crippen LogP contribution in [0.5, 0.6) is 5.75 Å². The standard InChI is InChI=1S/C21H17Cl2F3N4O5/c1-34-18(32)27-12-9-20(8-11-2-4-14(5-3-11)35-21(24,25)26)17(31)30(19(33)29(20)10-12)13-6-15(22)28-16(23)7-13/h2-7,12H,8-10H2,1H3,(H,27,32)/t12-,20+/m0/s1. The normalized spacial score (nSPS) is 21.8. The number of hydrogen-bond donors (Lipinski definition) is 1. The number of hydrogen-bond acceptors (Lipinski definition) is 6. The topological polar surface area (TPSA) is 101 Å². The summed E-state index contributed by atoms with van der Waals surface area (Å²) in [6, 6.07) is 6.33. The van der Waals surface area contributed by atoms with Crippen LogP contribution in [0.2, 0.25) is 10.3 Å². The number of fused-ring (bicyclic) bond motifs is 1. The molecule has 4 rings (SSSR count). The molecule has 9 nitrogen and oxygen atoms in total. The zero-order valence-electron chi connectivity index (χ0n) is 17.9. The van der Waals surface area contributed by atoms with Crippen LogP contribution in [0.4, 0.5) is 28.4 Å². The van der Waals surface area contributed by atoms with Crippen LogP contribution >= 0.6 is 23.2 Å². The van der Waals surface area contributed by atoms with E-state index in [1.807, 2.05) is 0 Å². The Kier molecular flexibility index (Phi) is 6.45. The van der Waals surface area contributed by atoms with Gasteiger partial charge in [-0.1, -0.05) is 35.3 Å². The van der Waals surface area contributed by atoms with Gasteiger partial charge in [0, 0.05) is 19.4 Å². The fourth-order valence-electron chi connectivity index (χ4n) is 4.38. The molecule has 4 amide bonds. The first-order valence-electron chi connectivity index (χ1n) is 10.1. The van der Waals surface area contributed by atoms with E-state index in [1.54, 1.807) is 0 Å². The Morgan fingerprint density at radius 1 is 1.20 bits per heavy atom. The van der Waals surface area contributed by atoms with E-state index in [0.717, 1.165) is 17.0 Å². The van der Waals surface area contributed by atoms with E-state index in [2.05, 4.69) is 19.8 Å². The summed E-state index contributed by atoms with van der Waals surface area (Å²) >= 11 is 11.9. The maximum Gasteiger partial charge on any atom is 0.573 e. The van der Waals surface area contributed by atoms with Crippen LogP contribution in [-0.2, 0) is 16.0 Å². The van der Waals surface area contributed by atoms with Gasteiger partial charge in [0.1, 0.15) is 21.6 Å². The summed E-state index contributed by atoms with van der Waals surface area (Å²) in [5.74, 6) is -1.03. The Morgan fingerprint density at radius 2 is 1.83 bits per heavy atom. The summed E-state index contributed by atoms with van der Waals surface area (Å²) in [7, 11) is 1.18. The summed E-state index contributed by atoms with van der Waals surface area (Å²) in [5, 5.41) is 2.54. The number of carbonyl (C=O) groups is 3. The van der Waals surface area contributed by atoms with Crippen LogP contribution in [0.15, 0.2) is 36.4 Å². The van der Waals surface area contributed by atoms with E-state index in [4.69, 9.17) is 23.2 Å². The summed E-state index contributed by atoms with van der Waals surface area (Å²) in [6.45, 7) is -0.00199. The second-order valence-corrected chi connectivity index (χ2v) is 8.72. The molecule has 2 aliphatic rings. The molecule has 2 aliphatic heterocycles. The third-order valence-corrected chi connectivity index (χ3v) is 6.08. The molecule has 0 bridgehead atoms. The molecule has 2 fully saturated rings. The first-order chi connectivity index (χ1) is 16.4. The lowest BCUT2D eigenvalue weighted by Crippen LogP contribution is -2.47. The SMILES string of the molecule is COC(=O)N[C@@H]1CN2C(=O)N(c3cc(Cl)nc(Cl)c3)C(=O)[C@@]2(Cc2ccc(OC(F)(F)F)cc2)C1. The van der Waals surface area contributed by atoms with E-state index < -0.39 is 41.7 Å². The third kappa shape index (κ3) is 4.94. The molecule has 14 heteroatoms. The minimum Gasteiger partial charge on any atom is -0.453 e. The van der Waals surface area contributed by atoms with Crippen molar-refractivity contribution in [2.75, 3.05) is 18.6 Å². The number of nitrogens with zero attached hydrogens (tertiary/aromatic N) is 3. The molecular formula is C21H17Cl2F3N4O5. The van der Waals surface area contributed by atoms with Crippen molar-refractivity contribution in [2.24, 2.45) is 0 Å². The maximum atomic E-state index is 13.7. The lowest BCUT2D eigenvalue weighted by atomic mass is 9.87. The molecule has 2 aromatic rings. The van der Waals surface area contributed by atoms with Crippen molar-refractivity contribution in [3.63, 3.8) is 0 Å². The van der Waals surface area contributed by atoms with Crippen LogP contribution in [0.25, 0.3) is 0 Å². The molecule has 186 valence electrons. The number of ether oxygens (including phenoxy) is 2. The number of carbonyl (C=O) groups excluding carboxylic acids is 3. The molecule has 1 N–H and O–H groups in total. The van der Waals surface area contributed by atoms with Gasteiger partial charge in [0.15, 0.2) is 0 Å². The fraction of sp³-hybridized carbons (Fsp3) is 0.333. The predicted octanol–water partition coefficient (Wildman–Crippen LogP) is 4.17. The Bertz CT molecular complexity index is 1160. The van der Waals surface area contributed by atoms with Crippen molar-refractivity contribution in [1.82, 2.24) is 15.2 Å². The quantitative estimate of drug-likeness (QED) is 0.458. The van der Waals surface area contributed by atoms with Gasteiger partial charge >= 0.3 is 18.5 Å². The third-order valence-electron chi connectivity index (χ3n) is 5.69. The number of urea groups is 1. The number of nitrogens with one attached hydrogen (secondary N) is 1. The molecule has 0 radical (unpaired) electrons. The number of amides is 4. The van der Waals surface area contributed by atoms with Gasteiger partial charge in [-0.15, -0.1) is 13.2 Å². The molecule has 0 unspecified atom stereocenters. The zero-order valence-corrected chi connectivity index (χ0v) is 19.4. The summed E-state index contributed by atoms with van der Waals surface area (Å²) < 4.78 is 46.0. The average Bonchev–Trinajstić information content (AvgIpc) is 3.20. The minimum absolute atomic E-state index is 0.00199. The van der Waals surface area contributed by atoms with Crippen molar-refractivity contribution in [1.29, 1.82) is 0 Å². The fourth-order valence-corrected chi connectivity index (χ4v) is 4.83. The van der Waals surface area contributed by atoms with Crippen molar-refractivity contribution in [3.05, 3.63) is 52.3 Å². The zero-order chi connectivity index (χ0) is 25.5. The van der Waals surface area contributed by atoms with Gasteiger partial charge in [-0.2, -0.15) is 0 Å². The number of methoxy groups -OCH3 is 1. The van der Waals surface area contributed by atoms with Crippen LogP contribution in [-0.4, -0.2) is 59.5 Å². The predicted molar refractivity (Wildman–Crippen MR) is 117 cm³/mol. The van der Waals surface area contributed by atoms with E-state index in [-0.39, 0.29) is 35.4 Å². The summed E-state index contributed by atoms with van der Waals surface area (Å²) in [5.41, 5.74) is -0.848. The molecule has 1 aromatic carbocycles. The van der Waals surface area contributed by atoms with Gasteiger partial charge in [0.25, 0.3) is 5.91 Å². The van der Waals surface area contributed by atoms with Crippen molar-refractivity contribution >= 4 is 46.9 Å². The second kappa shape index (κ2) is 9.08. The monoisotopic (exact) mass is 532 g/mol. The van der Waals surface area contributed by atoms with Crippen LogP contribution < -0.4 is 15.0 Å². The highest BCUT2D eigenvalue weighted by atomic mass is 35.5. The molecule has 0 aliphatic carbocycles. The van der Waals surface area contributed by atoms with Gasteiger partial charge in [0.05, 0.1) is 18.8 Å². The Balaban J connectivity index is 1.68. The van der Waals surface area contributed by atoms with E-state index in [0.29, 0.717) is 5.56 Å². The van der Waals surface area contributed by atoms with Crippen LogP contribution in [0.1, 0.15) is 12.0 Å². The number of alkyl halides is 3.